The van der Waals surface area contributed by atoms with Crippen LogP contribution in [-0.4, -0.2) is 27.1 Å². The normalized spacial score (nSPS) is 16.8. The second-order valence-electron chi connectivity index (χ2n) is 5.11. The molecule has 1 aromatic rings. The molecule has 1 amide bonds. The van der Waals surface area contributed by atoms with Crippen LogP contribution in [0.25, 0.3) is 0 Å². The molecule has 0 saturated carbocycles. The monoisotopic (exact) mass is 320 g/mol. The van der Waals surface area contributed by atoms with Crippen molar-refractivity contribution in [3.05, 3.63) is 44.8 Å². The number of aromatic amines is 2. The number of hydrogen-bond donors (Lipinski definition) is 5. The Morgan fingerprint density at radius 2 is 2.26 bits per heavy atom. The maximum Gasteiger partial charge on any atom is 0.342 e. The van der Waals surface area contributed by atoms with Crippen molar-refractivity contribution in [2.45, 2.75) is 38.6 Å². The number of aromatic nitrogens is 3. The highest BCUT2D eigenvalue weighted by molar-refractivity contribution is 5.83. The van der Waals surface area contributed by atoms with Gasteiger partial charge in [0.25, 0.3) is 11.5 Å². The zero-order chi connectivity index (χ0) is 16.7. The van der Waals surface area contributed by atoms with Gasteiger partial charge >= 0.3 is 5.69 Å². The van der Waals surface area contributed by atoms with Crippen LogP contribution in [0, 0.1) is 0 Å². The van der Waals surface area contributed by atoms with E-state index in [2.05, 4.69) is 38.5 Å². The Morgan fingerprint density at radius 3 is 2.91 bits per heavy atom. The highest BCUT2D eigenvalue weighted by Crippen LogP contribution is 2.15. The Hall–Kier alpha value is -2.84. The van der Waals surface area contributed by atoms with Gasteiger partial charge in [-0.25, -0.2) is 9.89 Å². The second kappa shape index (κ2) is 7.97. The molecule has 1 aromatic heterocycles. The first kappa shape index (κ1) is 16.5. The van der Waals surface area contributed by atoms with E-state index >= 15 is 0 Å². The first-order chi connectivity index (χ1) is 11.1. The number of carbonyl (C=O) groups excluding carboxylic acids is 1. The summed E-state index contributed by atoms with van der Waals surface area (Å²) in [6.45, 7) is 1.79. The molecule has 1 unspecified atom stereocenters. The van der Waals surface area contributed by atoms with Gasteiger partial charge in [-0.3, -0.25) is 20.0 Å². The first-order valence-electron chi connectivity index (χ1n) is 7.44. The van der Waals surface area contributed by atoms with E-state index in [4.69, 9.17) is 0 Å². The summed E-state index contributed by atoms with van der Waals surface area (Å²) in [4.78, 5) is 36.6. The molecule has 5 N–H and O–H groups in total. The molecule has 1 heterocycles. The van der Waals surface area contributed by atoms with Gasteiger partial charge < -0.3 is 10.7 Å². The van der Waals surface area contributed by atoms with E-state index in [0.29, 0.717) is 6.42 Å². The molecule has 9 nitrogen and oxygen atoms in total. The molecule has 2 rings (SSSR count). The van der Waals surface area contributed by atoms with E-state index in [1.54, 1.807) is 13.1 Å². The molecule has 23 heavy (non-hydrogen) atoms. The fourth-order valence-corrected chi connectivity index (χ4v) is 2.11. The van der Waals surface area contributed by atoms with Crippen molar-refractivity contribution >= 4 is 11.7 Å². The Labute approximate surface area is 132 Å². The predicted molar refractivity (Wildman–Crippen MR) is 85.5 cm³/mol. The molecule has 1 aliphatic carbocycles. The third kappa shape index (κ3) is 4.83. The van der Waals surface area contributed by atoms with Gasteiger partial charge in [0.15, 0.2) is 0 Å². The number of nitrogens with zero attached hydrogens (tertiary/aromatic N) is 1. The molecule has 1 atom stereocenters. The summed E-state index contributed by atoms with van der Waals surface area (Å²) in [6, 6.07) is -0.661. The lowest BCUT2D eigenvalue weighted by Crippen LogP contribution is -2.45. The summed E-state index contributed by atoms with van der Waals surface area (Å²) >= 11 is 0. The smallest absolute Gasteiger partial charge is 0.342 e. The minimum Gasteiger partial charge on any atom is -0.352 e. The Kier molecular flexibility index (Phi) is 5.73. The van der Waals surface area contributed by atoms with Crippen LogP contribution >= 0.6 is 0 Å². The maximum atomic E-state index is 12.1. The molecule has 0 aromatic carbocycles. The van der Waals surface area contributed by atoms with Crippen molar-refractivity contribution in [1.82, 2.24) is 26.0 Å². The number of anilines is 1. The number of allylic oxidation sites excluding steroid dienone is 3. The lowest BCUT2D eigenvalue weighted by Gasteiger charge is -2.17. The number of rotatable bonds is 6. The second-order valence-corrected chi connectivity index (χ2v) is 5.11. The molecular weight excluding hydrogens is 300 g/mol. The van der Waals surface area contributed by atoms with Crippen LogP contribution in [0.15, 0.2) is 33.5 Å². The van der Waals surface area contributed by atoms with E-state index in [-0.39, 0.29) is 11.7 Å². The van der Waals surface area contributed by atoms with E-state index in [9.17, 15) is 14.4 Å². The lowest BCUT2D eigenvalue weighted by atomic mass is 10.0. The van der Waals surface area contributed by atoms with Gasteiger partial charge in [-0.15, -0.1) is 5.10 Å². The summed E-state index contributed by atoms with van der Waals surface area (Å²) in [5.74, 6) is -0.439. The topological polar surface area (TPSA) is 132 Å². The van der Waals surface area contributed by atoms with Crippen LogP contribution in [0.5, 0.6) is 0 Å². The molecule has 0 radical (unpaired) electrons. The number of nitrogens with one attached hydrogen (secondary N) is 5. The number of amides is 1. The molecule has 0 spiro atoms. The summed E-state index contributed by atoms with van der Waals surface area (Å²) < 4.78 is 0. The number of hydrogen-bond acceptors (Lipinski definition) is 6. The Balaban J connectivity index is 1.91. The zero-order valence-corrected chi connectivity index (χ0v) is 12.8. The minimum absolute atomic E-state index is 0.109. The van der Waals surface area contributed by atoms with Crippen molar-refractivity contribution < 1.29 is 4.79 Å². The fraction of sp³-hybridized carbons (Fsp3) is 0.429. The first-order valence-corrected chi connectivity index (χ1v) is 7.44. The third-order valence-corrected chi connectivity index (χ3v) is 3.40. The summed E-state index contributed by atoms with van der Waals surface area (Å²) in [5, 5.41) is 8.40. The van der Waals surface area contributed by atoms with Crippen molar-refractivity contribution in [2.24, 2.45) is 0 Å². The van der Waals surface area contributed by atoms with Crippen LogP contribution in [0.4, 0.5) is 5.82 Å². The molecule has 0 fully saturated rings. The van der Waals surface area contributed by atoms with Gasteiger partial charge in [0.1, 0.15) is 6.04 Å². The predicted octanol–water partition coefficient (Wildman–Crippen LogP) is -0.106. The van der Waals surface area contributed by atoms with E-state index in [1.807, 2.05) is 4.98 Å². The quantitative estimate of drug-likeness (QED) is 0.367. The number of carbonyl (C=O) groups is 1. The summed E-state index contributed by atoms with van der Waals surface area (Å²) in [5.41, 5.74) is 5.17. The van der Waals surface area contributed by atoms with Crippen LogP contribution in [0.2, 0.25) is 0 Å². The minimum atomic E-state index is -0.701. The maximum absolute atomic E-state index is 12.1. The lowest BCUT2D eigenvalue weighted by molar-refractivity contribution is -0.122. The zero-order valence-electron chi connectivity index (χ0n) is 12.8. The van der Waals surface area contributed by atoms with Crippen molar-refractivity contribution in [3.8, 4) is 0 Å². The highest BCUT2D eigenvalue weighted by atomic mass is 16.2. The van der Waals surface area contributed by atoms with Gasteiger partial charge in [0, 0.05) is 6.20 Å². The molecule has 0 aliphatic heterocycles. The molecule has 9 heteroatoms. The van der Waals surface area contributed by atoms with Crippen molar-refractivity contribution in [3.63, 3.8) is 0 Å². The molecule has 0 saturated heterocycles. The molecule has 1 aliphatic rings. The van der Waals surface area contributed by atoms with Gasteiger partial charge in [-0.2, -0.15) is 0 Å². The van der Waals surface area contributed by atoms with Crippen LogP contribution < -0.4 is 27.4 Å². The van der Waals surface area contributed by atoms with E-state index in [0.717, 1.165) is 19.3 Å². The summed E-state index contributed by atoms with van der Waals surface area (Å²) in [6.07, 6.45) is 9.26. The Morgan fingerprint density at radius 1 is 1.43 bits per heavy atom. The standard InChI is InChI=1S/C14H20N6O3/c1-2-10(16-11-13(22)17-14(23)20-18-11)12(21)19-15-8-9-6-4-3-5-7-9/h3-4,8,10,15H,2,5-7H2,1H3,(H,16,18)(H,19,21)(H2,17,20,22,23). The highest BCUT2D eigenvalue weighted by Gasteiger charge is 2.18. The van der Waals surface area contributed by atoms with Gasteiger partial charge in [0.05, 0.1) is 0 Å². The van der Waals surface area contributed by atoms with Crippen molar-refractivity contribution in [2.75, 3.05) is 5.32 Å². The number of hydrazine groups is 1. The largest absolute Gasteiger partial charge is 0.352 e. The van der Waals surface area contributed by atoms with Crippen molar-refractivity contribution in [1.29, 1.82) is 0 Å². The number of H-pyrrole nitrogens is 2. The van der Waals surface area contributed by atoms with Crippen LogP contribution in [0.1, 0.15) is 32.6 Å². The molecular formula is C14H20N6O3. The van der Waals surface area contributed by atoms with Crippen LogP contribution in [-0.2, 0) is 4.79 Å². The molecule has 124 valence electrons. The van der Waals surface area contributed by atoms with Gasteiger partial charge in [-0.05, 0) is 31.3 Å². The third-order valence-electron chi connectivity index (χ3n) is 3.40. The van der Waals surface area contributed by atoms with Gasteiger partial charge in [0.2, 0.25) is 5.82 Å². The van der Waals surface area contributed by atoms with E-state index in [1.165, 1.54) is 5.57 Å². The molecule has 0 bridgehead atoms. The SMILES string of the molecule is CCC(Nc1n[nH]c(=O)[nH]c1=O)C(=O)NNC=C1CC=CCC1. The average Bonchev–Trinajstić information content (AvgIpc) is 2.55. The average molecular weight is 320 g/mol. The Bertz CT molecular complexity index is 718. The van der Waals surface area contributed by atoms with Gasteiger partial charge in [-0.1, -0.05) is 19.1 Å². The van der Waals surface area contributed by atoms with E-state index < -0.39 is 17.3 Å². The fourth-order valence-electron chi connectivity index (χ4n) is 2.11. The summed E-state index contributed by atoms with van der Waals surface area (Å²) in [7, 11) is 0. The van der Waals surface area contributed by atoms with Crippen LogP contribution in [0.3, 0.4) is 0 Å².